The van der Waals surface area contributed by atoms with E-state index in [9.17, 15) is 0 Å². The lowest BCUT2D eigenvalue weighted by Crippen LogP contribution is -2.25. The average molecular weight is 349 g/mol. The van der Waals surface area contributed by atoms with Gasteiger partial charge in [-0.2, -0.15) is 11.8 Å². The Morgan fingerprint density at radius 2 is 2.00 bits per heavy atom. The Kier molecular flexibility index (Phi) is 7.49. The summed E-state index contributed by atoms with van der Waals surface area (Å²) < 4.78 is 1.30. The van der Waals surface area contributed by atoms with Crippen molar-refractivity contribution in [1.29, 1.82) is 0 Å². The van der Waals surface area contributed by atoms with Crippen LogP contribution in [-0.4, -0.2) is 17.5 Å². The van der Waals surface area contributed by atoms with Crippen LogP contribution < -0.4 is 5.32 Å². The second-order valence-corrected chi connectivity index (χ2v) is 6.53. The van der Waals surface area contributed by atoms with E-state index in [1.807, 2.05) is 11.8 Å². The summed E-state index contributed by atoms with van der Waals surface area (Å²) in [5.41, 5.74) is 1.37. The fourth-order valence-electron chi connectivity index (χ4n) is 1.40. The van der Waals surface area contributed by atoms with Gasteiger partial charge in [0.1, 0.15) is 0 Å². The molecule has 1 unspecified atom stereocenters. The maximum Gasteiger partial charge on any atom is 0.0207 e. The van der Waals surface area contributed by atoms with Crippen LogP contribution in [0.25, 0.3) is 0 Å². The summed E-state index contributed by atoms with van der Waals surface area (Å²) >= 11 is 4.36. The minimum atomic E-state index is 0.610. The summed E-state index contributed by atoms with van der Waals surface area (Å²) in [4.78, 5) is 0. The van der Waals surface area contributed by atoms with E-state index in [0.717, 1.165) is 6.54 Å². The summed E-state index contributed by atoms with van der Waals surface area (Å²) in [5.74, 6) is 2.49. The fourth-order valence-corrected chi connectivity index (χ4v) is 2.57. The van der Waals surface area contributed by atoms with Crippen LogP contribution in [0.15, 0.2) is 24.3 Å². The van der Waals surface area contributed by atoms with E-state index in [0.29, 0.717) is 6.04 Å². The third kappa shape index (κ3) is 6.11. The highest BCUT2D eigenvalue weighted by Gasteiger charge is 2.01. The number of benzene rings is 1. The lowest BCUT2D eigenvalue weighted by molar-refractivity contribution is 0.537. The third-order valence-electron chi connectivity index (χ3n) is 2.47. The maximum atomic E-state index is 3.56. The van der Waals surface area contributed by atoms with E-state index in [1.165, 1.54) is 27.1 Å². The van der Waals surface area contributed by atoms with Crippen molar-refractivity contribution in [3.8, 4) is 0 Å². The Morgan fingerprint density at radius 1 is 1.31 bits per heavy atom. The molecule has 1 aromatic carbocycles. The molecule has 1 nitrogen and oxygen atoms in total. The molecule has 0 aliphatic carbocycles. The smallest absolute Gasteiger partial charge is 0.0207 e. The van der Waals surface area contributed by atoms with E-state index in [4.69, 9.17) is 0 Å². The lowest BCUT2D eigenvalue weighted by Gasteiger charge is -2.13. The summed E-state index contributed by atoms with van der Waals surface area (Å²) in [5, 5.41) is 3.56. The monoisotopic (exact) mass is 349 g/mol. The van der Waals surface area contributed by atoms with Gasteiger partial charge in [-0.05, 0) is 65.1 Å². The molecule has 90 valence electrons. The first-order chi connectivity index (χ1) is 7.72. The van der Waals surface area contributed by atoms with Crippen LogP contribution in [0.2, 0.25) is 0 Å². The van der Waals surface area contributed by atoms with Crippen molar-refractivity contribution in [2.24, 2.45) is 0 Å². The van der Waals surface area contributed by atoms with Gasteiger partial charge in [0.25, 0.3) is 0 Å². The molecular weight excluding hydrogens is 329 g/mol. The zero-order valence-electron chi connectivity index (χ0n) is 10.0. The Labute approximate surface area is 117 Å². The molecule has 16 heavy (non-hydrogen) atoms. The molecule has 0 aromatic heterocycles. The molecule has 0 heterocycles. The van der Waals surface area contributed by atoms with E-state index < -0.39 is 0 Å². The molecular formula is C13H20INS. The van der Waals surface area contributed by atoms with Gasteiger partial charge in [-0.15, -0.1) is 0 Å². The number of thioether (sulfide) groups is 1. The van der Waals surface area contributed by atoms with Gasteiger partial charge >= 0.3 is 0 Å². The molecule has 0 fully saturated rings. The van der Waals surface area contributed by atoms with Crippen molar-refractivity contribution < 1.29 is 0 Å². The van der Waals surface area contributed by atoms with Crippen molar-refractivity contribution >= 4 is 34.4 Å². The molecule has 0 saturated heterocycles. The van der Waals surface area contributed by atoms with Gasteiger partial charge in [-0.1, -0.05) is 19.1 Å². The van der Waals surface area contributed by atoms with E-state index in [1.54, 1.807) is 0 Å². The molecule has 0 aliphatic heterocycles. The number of hydrogen-bond donors (Lipinski definition) is 1. The summed E-state index contributed by atoms with van der Waals surface area (Å²) in [6.45, 7) is 5.46. The Morgan fingerprint density at radius 3 is 2.62 bits per heavy atom. The highest BCUT2D eigenvalue weighted by molar-refractivity contribution is 14.1. The zero-order valence-corrected chi connectivity index (χ0v) is 13.0. The highest BCUT2D eigenvalue weighted by atomic mass is 127. The van der Waals surface area contributed by atoms with Gasteiger partial charge in [0.05, 0.1) is 0 Å². The predicted molar refractivity (Wildman–Crippen MR) is 83.1 cm³/mol. The Bertz CT molecular complexity index is 286. The second kappa shape index (κ2) is 8.37. The lowest BCUT2D eigenvalue weighted by atomic mass is 10.2. The number of halogens is 1. The van der Waals surface area contributed by atoms with Crippen molar-refractivity contribution in [2.45, 2.75) is 32.9 Å². The van der Waals surface area contributed by atoms with Gasteiger partial charge in [0, 0.05) is 16.2 Å². The molecule has 0 spiro atoms. The van der Waals surface area contributed by atoms with Crippen LogP contribution in [-0.2, 0) is 6.54 Å². The van der Waals surface area contributed by atoms with Gasteiger partial charge in [-0.3, -0.25) is 0 Å². The average Bonchev–Trinajstić information content (AvgIpc) is 2.29. The fraction of sp³-hybridized carbons (Fsp3) is 0.538. The molecule has 0 bridgehead atoms. The van der Waals surface area contributed by atoms with Crippen molar-refractivity contribution in [1.82, 2.24) is 5.32 Å². The van der Waals surface area contributed by atoms with Crippen LogP contribution in [0.3, 0.4) is 0 Å². The first-order valence-corrected chi connectivity index (χ1v) is 8.01. The van der Waals surface area contributed by atoms with Gasteiger partial charge in [-0.25, -0.2) is 0 Å². The minimum Gasteiger partial charge on any atom is -0.310 e. The first kappa shape index (κ1) is 14.3. The summed E-state index contributed by atoms with van der Waals surface area (Å²) in [6.07, 6.45) is 1.25. The predicted octanol–water partition coefficient (Wildman–Crippen LogP) is 3.91. The van der Waals surface area contributed by atoms with Gasteiger partial charge in [0.15, 0.2) is 0 Å². The molecule has 1 rings (SSSR count). The van der Waals surface area contributed by atoms with Crippen molar-refractivity contribution in [3.63, 3.8) is 0 Å². The summed E-state index contributed by atoms with van der Waals surface area (Å²) in [6, 6.07) is 9.33. The third-order valence-corrected chi connectivity index (χ3v) is 4.12. The first-order valence-electron chi connectivity index (χ1n) is 5.78. The van der Waals surface area contributed by atoms with Gasteiger partial charge < -0.3 is 5.32 Å². The Balaban J connectivity index is 2.20. The van der Waals surface area contributed by atoms with Crippen LogP contribution in [0, 0.1) is 3.57 Å². The largest absolute Gasteiger partial charge is 0.310 e. The molecule has 0 amide bonds. The van der Waals surface area contributed by atoms with Crippen LogP contribution in [0.5, 0.6) is 0 Å². The van der Waals surface area contributed by atoms with Crippen LogP contribution in [0.4, 0.5) is 0 Å². The molecule has 0 aliphatic rings. The Hall–Kier alpha value is 0.260. The zero-order chi connectivity index (χ0) is 11.8. The molecule has 0 saturated carbocycles. The maximum absolute atomic E-state index is 3.56. The molecule has 1 atom stereocenters. The molecule has 1 N–H and O–H groups in total. The van der Waals surface area contributed by atoms with Crippen molar-refractivity contribution in [3.05, 3.63) is 33.4 Å². The van der Waals surface area contributed by atoms with Gasteiger partial charge in [0.2, 0.25) is 0 Å². The van der Waals surface area contributed by atoms with E-state index >= 15 is 0 Å². The minimum absolute atomic E-state index is 0.610. The summed E-state index contributed by atoms with van der Waals surface area (Å²) in [7, 11) is 0. The number of rotatable bonds is 7. The van der Waals surface area contributed by atoms with E-state index in [-0.39, 0.29) is 0 Å². The SMILES string of the molecule is CCSCCC(C)NCc1ccc(I)cc1. The van der Waals surface area contributed by atoms with Crippen LogP contribution >= 0.6 is 34.4 Å². The standard InChI is InChI=1S/C13H20INS/c1-3-16-9-8-11(2)15-10-12-4-6-13(14)7-5-12/h4-7,11,15H,3,8-10H2,1-2H3. The molecule has 1 aromatic rings. The molecule has 0 radical (unpaired) electrons. The van der Waals surface area contributed by atoms with Crippen molar-refractivity contribution in [2.75, 3.05) is 11.5 Å². The number of nitrogens with one attached hydrogen (secondary N) is 1. The molecule has 3 heteroatoms. The highest BCUT2D eigenvalue weighted by Crippen LogP contribution is 2.08. The second-order valence-electron chi connectivity index (χ2n) is 3.89. The van der Waals surface area contributed by atoms with E-state index in [2.05, 4.69) is 66.0 Å². The number of hydrogen-bond acceptors (Lipinski definition) is 2. The van der Waals surface area contributed by atoms with Crippen LogP contribution in [0.1, 0.15) is 25.8 Å². The topological polar surface area (TPSA) is 12.0 Å². The normalized spacial score (nSPS) is 12.7. The quantitative estimate of drug-likeness (QED) is 0.592.